The zero-order chi connectivity index (χ0) is 11.7. The Morgan fingerprint density at radius 2 is 2.25 bits per heavy atom. The van der Waals surface area contributed by atoms with Gasteiger partial charge in [0, 0.05) is 31.7 Å². The second-order valence-electron chi connectivity index (χ2n) is 3.85. The molecule has 0 saturated carbocycles. The molecule has 0 aromatic heterocycles. The molecule has 0 unspecified atom stereocenters. The summed E-state index contributed by atoms with van der Waals surface area (Å²) < 4.78 is 13.5. The molecule has 2 rings (SSSR count). The zero-order valence-corrected chi connectivity index (χ0v) is 8.47. The van der Waals surface area contributed by atoms with Gasteiger partial charge in [-0.1, -0.05) is 0 Å². The smallest absolute Gasteiger partial charge is 0.272 e. The summed E-state index contributed by atoms with van der Waals surface area (Å²) in [4.78, 5) is 11.5. The molecule has 1 aliphatic rings. The number of hydrogen-bond donors (Lipinski definition) is 1. The van der Waals surface area contributed by atoms with Crippen molar-refractivity contribution in [1.29, 1.82) is 0 Å². The van der Waals surface area contributed by atoms with E-state index in [1.807, 2.05) is 0 Å². The van der Waals surface area contributed by atoms with Crippen molar-refractivity contribution < 1.29 is 14.4 Å². The van der Waals surface area contributed by atoms with Gasteiger partial charge in [-0.05, 0) is 6.07 Å². The Hall–Kier alpha value is -1.69. The number of nitro groups is 1. The first-order valence-corrected chi connectivity index (χ1v) is 4.91. The van der Waals surface area contributed by atoms with Crippen molar-refractivity contribution in [3.05, 3.63) is 34.1 Å². The summed E-state index contributed by atoms with van der Waals surface area (Å²) in [6.07, 6.45) is 0. The van der Waals surface area contributed by atoms with Gasteiger partial charge in [0.25, 0.3) is 5.69 Å². The summed E-state index contributed by atoms with van der Waals surface area (Å²) in [5.41, 5.74) is 0.107. The van der Waals surface area contributed by atoms with Gasteiger partial charge in [0.2, 0.25) is 0 Å². The van der Waals surface area contributed by atoms with E-state index in [0.29, 0.717) is 18.8 Å². The molecule has 16 heavy (non-hydrogen) atoms. The molecule has 1 N–H and O–H groups in total. The van der Waals surface area contributed by atoms with E-state index in [-0.39, 0.29) is 18.2 Å². The van der Waals surface area contributed by atoms with Crippen LogP contribution in [0.2, 0.25) is 0 Å². The minimum absolute atomic E-state index is 0.0884. The third kappa shape index (κ3) is 1.83. The van der Waals surface area contributed by atoms with Crippen LogP contribution >= 0.6 is 0 Å². The molecule has 1 fully saturated rings. The number of non-ortho nitro benzene ring substituents is 1. The minimum Gasteiger partial charge on any atom is -0.396 e. The van der Waals surface area contributed by atoms with E-state index in [4.69, 9.17) is 5.11 Å². The van der Waals surface area contributed by atoms with Gasteiger partial charge < -0.3 is 10.0 Å². The van der Waals surface area contributed by atoms with Gasteiger partial charge in [0.1, 0.15) is 0 Å². The summed E-state index contributed by atoms with van der Waals surface area (Å²) in [6.45, 7) is 1.27. The first kappa shape index (κ1) is 10.8. The van der Waals surface area contributed by atoms with Crippen molar-refractivity contribution >= 4 is 11.4 Å². The summed E-state index contributed by atoms with van der Waals surface area (Å²) in [7, 11) is 0. The third-order valence-corrected chi connectivity index (χ3v) is 2.70. The fourth-order valence-electron chi connectivity index (χ4n) is 1.75. The van der Waals surface area contributed by atoms with Crippen LogP contribution in [0.3, 0.4) is 0 Å². The minimum atomic E-state index is -0.626. The molecule has 6 heteroatoms. The molecule has 5 nitrogen and oxygen atoms in total. The monoisotopic (exact) mass is 226 g/mol. The fourth-order valence-corrected chi connectivity index (χ4v) is 1.75. The molecule has 1 saturated heterocycles. The van der Waals surface area contributed by atoms with Crippen molar-refractivity contribution in [3.63, 3.8) is 0 Å². The van der Waals surface area contributed by atoms with Crippen LogP contribution in [0.25, 0.3) is 0 Å². The van der Waals surface area contributed by atoms with Crippen LogP contribution in [0, 0.1) is 21.8 Å². The zero-order valence-electron chi connectivity index (χ0n) is 8.47. The predicted octanol–water partition coefficient (Wildman–Crippen LogP) is 1.16. The van der Waals surface area contributed by atoms with Gasteiger partial charge in [-0.25, -0.2) is 4.39 Å². The topological polar surface area (TPSA) is 66.6 Å². The number of anilines is 1. The van der Waals surface area contributed by atoms with E-state index in [9.17, 15) is 14.5 Å². The average Bonchev–Trinajstić information content (AvgIpc) is 2.18. The van der Waals surface area contributed by atoms with Gasteiger partial charge in [-0.15, -0.1) is 0 Å². The summed E-state index contributed by atoms with van der Waals surface area (Å²) in [5, 5.41) is 19.2. The number of nitrogens with zero attached hydrogens (tertiary/aromatic N) is 2. The molecular formula is C10H11FN2O3. The fraction of sp³-hybridized carbons (Fsp3) is 0.400. The molecule has 1 aromatic rings. The predicted molar refractivity (Wildman–Crippen MR) is 55.8 cm³/mol. The molecule has 1 aliphatic heterocycles. The van der Waals surface area contributed by atoms with Crippen LogP contribution in [-0.4, -0.2) is 29.7 Å². The Bertz CT molecular complexity index is 419. The van der Waals surface area contributed by atoms with Crippen molar-refractivity contribution in [3.8, 4) is 0 Å². The number of nitro benzene ring substituents is 1. The van der Waals surface area contributed by atoms with E-state index in [1.165, 1.54) is 12.1 Å². The number of halogens is 1. The highest BCUT2D eigenvalue weighted by atomic mass is 19.1. The maximum absolute atomic E-state index is 13.5. The maximum atomic E-state index is 13.5. The normalized spacial score (nSPS) is 16.0. The summed E-state index contributed by atoms with van der Waals surface area (Å²) in [6, 6.07) is 3.60. The van der Waals surface area contributed by atoms with Gasteiger partial charge in [-0.3, -0.25) is 10.1 Å². The van der Waals surface area contributed by atoms with Gasteiger partial charge in [0.15, 0.2) is 5.82 Å². The van der Waals surface area contributed by atoms with Crippen LogP contribution in [0.15, 0.2) is 18.2 Å². The number of hydrogen-bond acceptors (Lipinski definition) is 4. The van der Waals surface area contributed by atoms with Crippen molar-refractivity contribution in [2.45, 2.75) is 0 Å². The maximum Gasteiger partial charge on any atom is 0.272 e. The van der Waals surface area contributed by atoms with Crippen molar-refractivity contribution in [2.75, 3.05) is 24.6 Å². The second kappa shape index (κ2) is 4.05. The van der Waals surface area contributed by atoms with Gasteiger partial charge in [-0.2, -0.15) is 0 Å². The molecule has 0 amide bonds. The van der Waals surface area contributed by atoms with E-state index in [0.717, 1.165) is 6.07 Å². The largest absolute Gasteiger partial charge is 0.396 e. The van der Waals surface area contributed by atoms with E-state index < -0.39 is 10.7 Å². The highest BCUT2D eigenvalue weighted by molar-refractivity contribution is 5.54. The Kier molecular flexibility index (Phi) is 2.74. The van der Waals surface area contributed by atoms with Crippen LogP contribution in [-0.2, 0) is 0 Å². The highest BCUT2D eigenvalue weighted by Crippen LogP contribution is 2.29. The number of rotatable bonds is 3. The molecule has 86 valence electrons. The van der Waals surface area contributed by atoms with E-state index in [1.54, 1.807) is 4.90 Å². The van der Waals surface area contributed by atoms with E-state index >= 15 is 0 Å². The lowest BCUT2D eigenvalue weighted by molar-refractivity contribution is -0.385. The molecule has 0 spiro atoms. The van der Waals surface area contributed by atoms with Crippen molar-refractivity contribution in [1.82, 2.24) is 0 Å². The Morgan fingerprint density at radius 1 is 1.56 bits per heavy atom. The molecule has 0 bridgehead atoms. The number of aliphatic hydroxyl groups excluding tert-OH is 1. The molecular weight excluding hydrogens is 215 g/mol. The quantitative estimate of drug-likeness (QED) is 0.620. The lowest BCUT2D eigenvalue weighted by Crippen LogP contribution is -2.48. The third-order valence-electron chi connectivity index (χ3n) is 2.70. The van der Waals surface area contributed by atoms with Crippen LogP contribution in [0.1, 0.15) is 0 Å². The lowest BCUT2D eigenvalue weighted by atomic mass is 10.0. The molecule has 0 aliphatic carbocycles. The van der Waals surface area contributed by atoms with Crippen molar-refractivity contribution in [2.24, 2.45) is 5.92 Å². The van der Waals surface area contributed by atoms with Crippen LogP contribution in [0.4, 0.5) is 15.8 Å². The number of aliphatic hydroxyl groups is 1. The number of benzene rings is 1. The first-order chi connectivity index (χ1) is 7.61. The summed E-state index contributed by atoms with van der Waals surface area (Å²) >= 11 is 0. The Morgan fingerprint density at radius 3 is 2.75 bits per heavy atom. The van der Waals surface area contributed by atoms with E-state index in [2.05, 4.69) is 0 Å². The molecule has 1 aromatic carbocycles. The highest BCUT2D eigenvalue weighted by Gasteiger charge is 2.28. The van der Waals surface area contributed by atoms with Crippen LogP contribution < -0.4 is 4.90 Å². The summed E-state index contributed by atoms with van der Waals surface area (Å²) in [5.74, 6) is -0.416. The molecule has 1 heterocycles. The Labute approximate surface area is 91.3 Å². The Balaban J connectivity index is 2.15. The second-order valence-corrected chi connectivity index (χ2v) is 3.85. The average molecular weight is 226 g/mol. The van der Waals surface area contributed by atoms with Gasteiger partial charge >= 0.3 is 0 Å². The standard InChI is InChI=1S/C10H11FN2O3/c11-9-3-8(13(15)16)1-2-10(9)12-4-7(5-12)6-14/h1-3,7,14H,4-6H2. The van der Waals surface area contributed by atoms with Crippen LogP contribution in [0.5, 0.6) is 0 Å². The SMILES string of the molecule is O=[N+]([O-])c1ccc(N2CC(CO)C2)c(F)c1. The molecule has 0 radical (unpaired) electrons. The first-order valence-electron chi connectivity index (χ1n) is 4.91. The molecule has 0 atom stereocenters. The lowest BCUT2D eigenvalue weighted by Gasteiger charge is -2.40. The van der Waals surface area contributed by atoms with Gasteiger partial charge in [0.05, 0.1) is 16.7 Å².